The average molecular weight is 667 g/mol. The number of alkyl halides is 12. The van der Waals surface area contributed by atoms with E-state index in [9.17, 15) is 57.5 Å². The first-order valence-corrected chi connectivity index (χ1v) is 12.3. The first-order valence-electron chi connectivity index (χ1n) is 12.3. The number of carbonyl (C=O) groups excluding carboxylic acids is 1. The fourth-order valence-electron chi connectivity index (χ4n) is 4.22. The molecule has 0 spiro atoms. The van der Waals surface area contributed by atoms with Crippen LogP contribution in [0.3, 0.4) is 0 Å². The third-order valence-corrected chi connectivity index (χ3v) is 6.12. The predicted molar refractivity (Wildman–Crippen MR) is 137 cm³/mol. The molecule has 0 radical (unpaired) electrons. The molecule has 250 valence electrons. The molecule has 8 nitrogen and oxygen atoms in total. The van der Waals surface area contributed by atoms with Crippen molar-refractivity contribution >= 4 is 17.8 Å². The Hall–Kier alpha value is -4.39. The zero-order chi connectivity index (χ0) is 34.6. The predicted octanol–water partition coefficient (Wildman–Crippen LogP) is 4.20. The highest BCUT2D eigenvalue weighted by molar-refractivity contribution is 5.84. The topological polar surface area (TPSA) is 158 Å². The number of hydrogen-bond donors (Lipinski definition) is 5. The van der Waals surface area contributed by atoms with Crippen LogP contribution in [-0.4, -0.2) is 37.5 Å². The summed E-state index contributed by atoms with van der Waals surface area (Å²) in [6.07, 6.45) is -23.6. The van der Waals surface area contributed by atoms with Gasteiger partial charge in [-0.1, -0.05) is 0 Å². The van der Waals surface area contributed by atoms with Crippen LogP contribution in [0.1, 0.15) is 33.4 Å². The SMILES string of the molecule is NC(N)=NCCNC(=O)C(CN=C(N)N)(Cc1cc(C(F)(F)F)cc(C(F)(F)F)c1)Cc1cc(C(F)(F)F)cc(C(F)(F)F)c1. The van der Waals surface area contributed by atoms with Gasteiger partial charge in [0, 0.05) is 6.54 Å². The molecule has 0 aliphatic carbocycles. The van der Waals surface area contributed by atoms with Gasteiger partial charge in [-0.15, -0.1) is 0 Å². The lowest BCUT2D eigenvalue weighted by atomic mass is 9.74. The standard InChI is InChI=1S/C25H25F12N7O/c26-22(27,28)14-3-12(4-15(7-14)23(29,30)31)9-21(11-44-20(40)41,18(45)42-1-2-43-19(38)39)10-13-5-16(24(32,33)34)8-17(6-13)25(35,36)37/h3-8H,1-2,9-11H2,(H,42,45)(H4,38,39,43)(H4,40,41,44). The van der Waals surface area contributed by atoms with Gasteiger partial charge in [-0.2, -0.15) is 52.7 Å². The number of nitrogens with two attached hydrogens (primary N) is 4. The first-order chi connectivity index (χ1) is 20.3. The monoisotopic (exact) mass is 667 g/mol. The Morgan fingerprint density at radius 2 is 0.911 bits per heavy atom. The fraction of sp³-hybridized carbons (Fsp3) is 0.400. The van der Waals surface area contributed by atoms with E-state index in [0.717, 1.165) is 0 Å². The fourth-order valence-corrected chi connectivity index (χ4v) is 4.22. The molecule has 0 aromatic heterocycles. The minimum absolute atomic E-state index is 0.209. The van der Waals surface area contributed by atoms with E-state index in [0.29, 0.717) is 0 Å². The van der Waals surface area contributed by atoms with Crippen molar-refractivity contribution < 1.29 is 57.5 Å². The summed E-state index contributed by atoms with van der Waals surface area (Å²) in [7, 11) is 0. The Bertz CT molecular complexity index is 1280. The molecule has 0 saturated carbocycles. The summed E-state index contributed by atoms with van der Waals surface area (Å²) in [4.78, 5) is 20.8. The van der Waals surface area contributed by atoms with Crippen LogP contribution in [0.5, 0.6) is 0 Å². The van der Waals surface area contributed by atoms with E-state index in [2.05, 4.69) is 15.3 Å². The van der Waals surface area contributed by atoms with E-state index in [1.54, 1.807) is 0 Å². The quantitative estimate of drug-likeness (QED) is 0.111. The van der Waals surface area contributed by atoms with E-state index < -0.39 is 107 Å². The normalized spacial score (nSPS) is 12.9. The largest absolute Gasteiger partial charge is 0.416 e. The number of nitrogens with zero attached hydrogens (tertiary/aromatic N) is 2. The molecule has 20 heteroatoms. The van der Waals surface area contributed by atoms with Gasteiger partial charge in [-0.3, -0.25) is 14.8 Å². The summed E-state index contributed by atoms with van der Waals surface area (Å²) < 4.78 is 163. The van der Waals surface area contributed by atoms with Crippen LogP contribution in [0.2, 0.25) is 0 Å². The van der Waals surface area contributed by atoms with Gasteiger partial charge in [-0.05, 0) is 60.4 Å². The van der Waals surface area contributed by atoms with Crippen LogP contribution < -0.4 is 28.3 Å². The molecule has 0 aliphatic heterocycles. The Kier molecular flexibility index (Phi) is 10.9. The minimum Gasteiger partial charge on any atom is -0.370 e. The highest BCUT2D eigenvalue weighted by Gasteiger charge is 2.43. The van der Waals surface area contributed by atoms with E-state index >= 15 is 0 Å². The van der Waals surface area contributed by atoms with Crippen molar-refractivity contribution in [3.05, 3.63) is 69.8 Å². The lowest BCUT2D eigenvalue weighted by molar-refractivity contribution is -0.144. The van der Waals surface area contributed by atoms with Crippen molar-refractivity contribution in [1.29, 1.82) is 0 Å². The molecule has 0 aliphatic rings. The number of benzene rings is 2. The molecule has 1 amide bonds. The summed E-state index contributed by atoms with van der Waals surface area (Å²) in [5.74, 6) is -2.48. The van der Waals surface area contributed by atoms with Crippen LogP contribution in [0, 0.1) is 5.41 Å². The highest BCUT2D eigenvalue weighted by atomic mass is 19.4. The number of carbonyl (C=O) groups is 1. The molecule has 2 aromatic rings. The first kappa shape index (κ1) is 36.8. The van der Waals surface area contributed by atoms with Gasteiger partial charge < -0.3 is 28.3 Å². The molecule has 9 N–H and O–H groups in total. The summed E-state index contributed by atoms with van der Waals surface area (Å²) in [5.41, 5.74) is 9.72. The Morgan fingerprint density at radius 3 is 1.20 bits per heavy atom. The van der Waals surface area contributed by atoms with Crippen molar-refractivity contribution in [2.24, 2.45) is 38.3 Å². The minimum atomic E-state index is -5.33. The number of nitrogens with one attached hydrogen (secondary N) is 1. The van der Waals surface area contributed by atoms with Gasteiger partial charge in [0.2, 0.25) is 5.91 Å². The van der Waals surface area contributed by atoms with Crippen LogP contribution >= 0.6 is 0 Å². The zero-order valence-electron chi connectivity index (χ0n) is 22.6. The Morgan fingerprint density at radius 1 is 0.578 bits per heavy atom. The van der Waals surface area contributed by atoms with Gasteiger partial charge in [0.25, 0.3) is 0 Å². The van der Waals surface area contributed by atoms with Gasteiger partial charge >= 0.3 is 24.7 Å². The molecular weight excluding hydrogens is 642 g/mol. The number of aliphatic imine (C=N–C) groups is 2. The number of amides is 1. The summed E-state index contributed by atoms with van der Waals surface area (Å²) in [6.45, 7) is -1.76. The molecule has 0 unspecified atom stereocenters. The maximum atomic E-state index is 13.6. The third kappa shape index (κ3) is 10.6. The van der Waals surface area contributed by atoms with E-state index in [-0.39, 0.29) is 42.9 Å². The summed E-state index contributed by atoms with van der Waals surface area (Å²) in [5, 5.41) is 2.23. The molecule has 0 atom stereocenters. The van der Waals surface area contributed by atoms with Gasteiger partial charge in [0.15, 0.2) is 11.9 Å². The van der Waals surface area contributed by atoms with Crippen molar-refractivity contribution in [2.45, 2.75) is 37.5 Å². The van der Waals surface area contributed by atoms with Gasteiger partial charge in [-0.25, -0.2) is 0 Å². The van der Waals surface area contributed by atoms with Crippen molar-refractivity contribution in [2.75, 3.05) is 19.6 Å². The lowest BCUT2D eigenvalue weighted by Gasteiger charge is -2.32. The molecular formula is C25H25F12N7O. The second-order valence-corrected chi connectivity index (χ2v) is 9.77. The molecule has 0 saturated heterocycles. The smallest absolute Gasteiger partial charge is 0.370 e. The molecule has 2 aromatic carbocycles. The number of hydrogen-bond acceptors (Lipinski definition) is 3. The second-order valence-electron chi connectivity index (χ2n) is 9.77. The molecule has 0 heterocycles. The summed E-state index contributed by atoms with van der Waals surface area (Å²) in [6, 6.07) is 0.579. The van der Waals surface area contributed by atoms with Crippen LogP contribution in [0.25, 0.3) is 0 Å². The maximum absolute atomic E-state index is 13.6. The van der Waals surface area contributed by atoms with Crippen molar-refractivity contribution in [1.82, 2.24) is 5.32 Å². The van der Waals surface area contributed by atoms with Crippen LogP contribution in [0.15, 0.2) is 46.4 Å². The number of halogens is 12. The molecule has 2 rings (SSSR count). The number of rotatable bonds is 10. The van der Waals surface area contributed by atoms with Crippen LogP contribution in [0.4, 0.5) is 52.7 Å². The lowest BCUT2D eigenvalue weighted by Crippen LogP contribution is -2.48. The second kappa shape index (κ2) is 13.3. The summed E-state index contributed by atoms with van der Waals surface area (Å²) >= 11 is 0. The number of guanidine groups is 2. The molecule has 0 fully saturated rings. The molecule has 45 heavy (non-hydrogen) atoms. The maximum Gasteiger partial charge on any atom is 0.416 e. The van der Waals surface area contributed by atoms with E-state index in [1.165, 1.54) is 0 Å². The molecule has 0 bridgehead atoms. The van der Waals surface area contributed by atoms with Gasteiger partial charge in [0.05, 0.1) is 40.8 Å². The van der Waals surface area contributed by atoms with E-state index in [4.69, 9.17) is 22.9 Å². The van der Waals surface area contributed by atoms with E-state index in [1.807, 2.05) is 0 Å². The Labute approximate surface area is 246 Å². The highest BCUT2D eigenvalue weighted by Crippen LogP contribution is 2.41. The average Bonchev–Trinajstić information content (AvgIpc) is 2.87. The van der Waals surface area contributed by atoms with Crippen LogP contribution in [-0.2, 0) is 42.3 Å². The Balaban J connectivity index is 2.88. The van der Waals surface area contributed by atoms with Crippen molar-refractivity contribution in [3.8, 4) is 0 Å². The third-order valence-electron chi connectivity index (χ3n) is 6.12. The zero-order valence-corrected chi connectivity index (χ0v) is 22.6. The van der Waals surface area contributed by atoms with Crippen molar-refractivity contribution in [3.63, 3.8) is 0 Å². The van der Waals surface area contributed by atoms with Gasteiger partial charge in [0.1, 0.15) is 0 Å².